The van der Waals surface area contributed by atoms with Crippen molar-refractivity contribution in [3.8, 4) is 0 Å². The van der Waals surface area contributed by atoms with Crippen molar-refractivity contribution in [1.29, 1.82) is 0 Å². The number of methoxy groups -OCH3 is 1. The van der Waals surface area contributed by atoms with E-state index in [9.17, 15) is 22.8 Å². The van der Waals surface area contributed by atoms with E-state index >= 15 is 0 Å². The molecule has 3 heterocycles. The number of benzene rings is 1. The number of rotatable bonds is 6. The summed E-state index contributed by atoms with van der Waals surface area (Å²) in [5, 5.41) is 4.80. The maximum absolute atomic E-state index is 13.7. The number of carbonyl (C=O) groups excluding carboxylic acids is 2. The molecule has 37 heavy (non-hydrogen) atoms. The van der Waals surface area contributed by atoms with Crippen LogP contribution in [0, 0.1) is 5.92 Å². The predicted octanol–water partition coefficient (Wildman–Crippen LogP) is 5.21. The van der Waals surface area contributed by atoms with Gasteiger partial charge in [-0.3, -0.25) is 19.2 Å². The monoisotopic (exact) mass is 532 g/mol. The molecular weight excluding hydrogens is 505 g/mol. The minimum Gasteiger partial charge on any atom is -0.497 e. The van der Waals surface area contributed by atoms with E-state index in [-0.39, 0.29) is 35.9 Å². The fourth-order valence-corrected chi connectivity index (χ4v) is 5.97. The van der Waals surface area contributed by atoms with E-state index in [0.29, 0.717) is 17.0 Å². The van der Waals surface area contributed by atoms with Gasteiger partial charge in [0.25, 0.3) is 11.1 Å². The summed E-state index contributed by atoms with van der Waals surface area (Å²) >= 11 is 0.930. The van der Waals surface area contributed by atoms with Gasteiger partial charge in [0.05, 0.1) is 23.7 Å². The molecule has 5 rings (SSSR count). The molecule has 0 radical (unpaired) electrons. The van der Waals surface area contributed by atoms with Gasteiger partial charge in [-0.25, -0.2) is 0 Å². The minimum atomic E-state index is -4.46. The molecule has 0 saturated carbocycles. The number of likely N-dealkylation sites (tertiary alicyclic amines) is 1. The number of likely N-dealkylation sites (N-methyl/N-ethyl adjacent to an activating group) is 1. The number of carbonyl (C=O) groups is 2. The highest BCUT2D eigenvalue weighted by atomic mass is 32.2. The summed E-state index contributed by atoms with van der Waals surface area (Å²) in [7, 11) is 3.36. The zero-order valence-corrected chi connectivity index (χ0v) is 21.3. The van der Waals surface area contributed by atoms with Crippen LogP contribution in [0.4, 0.5) is 18.0 Å². The molecule has 0 bridgehead atoms. The molecule has 1 unspecified atom stereocenters. The van der Waals surface area contributed by atoms with Gasteiger partial charge < -0.3 is 9.64 Å². The lowest BCUT2D eigenvalue weighted by Gasteiger charge is -2.25. The van der Waals surface area contributed by atoms with Crippen LogP contribution < -0.4 is 0 Å². The predicted molar refractivity (Wildman–Crippen MR) is 135 cm³/mol. The molecule has 2 atom stereocenters. The van der Waals surface area contributed by atoms with E-state index in [2.05, 4.69) is 10.00 Å². The highest BCUT2D eigenvalue weighted by molar-refractivity contribution is 8.18. The van der Waals surface area contributed by atoms with E-state index in [4.69, 9.17) is 4.74 Å². The van der Waals surface area contributed by atoms with Crippen molar-refractivity contribution in [2.45, 2.75) is 38.0 Å². The van der Waals surface area contributed by atoms with Gasteiger partial charge in [0, 0.05) is 36.0 Å². The van der Waals surface area contributed by atoms with Crippen molar-refractivity contribution >= 4 is 39.9 Å². The van der Waals surface area contributed by atoms with Crippen molar-refractivity contribution < 1.29 is 27.5 Å². The van der Waals surface area contributed by atoms with Crippen LogP contribution in [0.3, 0.4) is 0 Å². The molecule has 196 valence electrons. The van der Waals surface area contributed by atoms with E-state index < -0.39 is 17.7 Å². The number of aromatic nitrogens is 2. The Morgan fingerprint density at radius 1 is 1.24 bits per heavy atom. The number of hydrogen-bond acceptors (Lipinski definition) is 6. The molecule has 3 aliphatic rings. The quantitative estimate of drug-likeness (QED) is 0.476. The number of amides is 2. The Hall–Kier alpha value is -3.05. The zero-order valence-electron chi connectivity index (χ0n) is 20.5. The molecule has 1 aromatic heterocycles. The molecule has 2 aliphatic heterocycles. The number of alkyl halides is 3. The smallest absolute Gasteiger partial charge is 0.413 e. The number of imide groups is 1. The zero-order chi connectivity index (χ0) is 26.3. The van der Waals surface area contributed by atoms with Gasteiger partial charge in [-0.15, -0.1) is 0 Å². The molecule has 2 aromatic rings. The first kappa shape index (κ1) is 25.6. The Morgan fingerprint density at radius 2 is 2.05 bits per heavy atom. The van der Waals surface area contributed by atoms with Gasteiger partial charge in [0.2, 0.25) is 0 Å². The van der Waals surface area contributed by atoms with Crippen LogP contribution >= 0.6 is 11.8 Å². The first-order valence-electron chi connectivity index (χ1n) is 12.1. The van der Waals surface area contributed by atoms with Crippen LogP contribution in [-0.4, -0.2) is 70.2 Å². The summed E-state index contributed by atoms with van der Waals surface area (Å²) in [6, 6.07) is 5.57. The third-order valence-electron chi connectivity index (χ3n) is 7.20. The number of ether oxygens (including phenoxy) is 1. The highest BCUT2D eigenvalue weighted by Crippen LogP contribution is 2.38. The second-order valence-corrected chi connectivity index (χ2v) is 10.5. The average molecular weight is 533 g/mol. The lowest BCUT2D eigenvalue weighted by Crippen LogP contribution is -2.40. The Bertz CT molecular complexity index is 1330. The number of hydrogen-bond donors (Lipinski definition) is 0. The second kappa shape index (κ2) is 10.0. The number of thioether (sulfide) groups is 1. The molecule has 0 N–H and O–H groups in total. The first-order chi connectivity index (χ1) is 17.6. The largest absolute Gasteiger partial charge is 0.497 e. The first-order valence-corrected chi connectivity index (χ1v) is 12.9. The summed E-state index contributed by atoms with van der Waals surface area (Å²) in [6.07, 6.45) is 3.74. The van der Waals surface area contributed by atoms with Crippen molar-refractivity contribution in [2.24, 2.45) is 5.92 Å². The van der Waals surface area contributed by atoms with Crippen LogP contribution in [0.1, 0.15) is 24.8 Å². The van der Waals surface area contributed by atoms with Gasteiger partial charge in [-0.05, 0) is 80.5 Å². The minimum absolute atomic E-state index is 0.0657. The van der Waals surface area contributed by atoms with Crippen LogP contribution in [0.2, 0.25) is 0 Å². The fourth-order valence-electron chi connectivity index (χ4n) is 5.12. The standard InChI is InChI=1S/C26H27F3N4O3S/c1-31-9-3-4-19(31)15-32-24(34)23(37-25(32)35)11-16-5-8-22-18(10-16)13-30-33(22)14-17-6-7-20(36-2)12-21(17)26(27,28)29/h5,7-8,10-13,17,19H,3-4,6,9,14-15H2,1-2H3/b23-11-/t17?,19-/m0/s1. The number of halogens is 3. The Labute approximate surface area is 216 Å². The molecule has 2 fully saturated rings. The van der Waals surface area contributed by atoms with E-state index in [1.165, 1.54) is 12.0 Å². The number of allylic oxidation sites excluding steroid dienone is 3. The summed E-state index contributed by atoms with van der Waals surface area (Å²) in [4.78, 5) is 29.3. The number of fused-ring (bicyclic) bond motifs is 1. The molecule has 1 aliphatic carbocycles. The van der Waals surface area contributed by atoms with Gasteiger partial charge in [0.15, 0.2) is 0 Å². The summed E-state index contributed by atoms with van der Waals surface area (Å²) in [6.45, 7) is 1.42. The van der Waals surface area contributed by atoms with E-state index in [1.807, 2.05) is 13.1 Å². The summed E-state index contributed by atoms with van der Waals surface area (Å²) in [5.74, 6) is -0.872. The molecule has 1 aromatic carbocycles. The highest BCUT2D eigenvalue weighted by Gasteiger charge is 2.40. The van der Waals surface area contributed by atoms with Gasteiger partial charge in [-0.1, -0.05) is 6.07 Å². The molecule has 2 amide bonds. The van der Waals surface area contributed by atoms with Gasteiger partial charge in [-0.2, -0.15) is 18.3 Å². The van der Waals surface area contributed by atoms with E-state index in [0.717, 1.165) is 48.2 Å². The van der Waals surface area contributed by atoms with Crippen molar-refractivity contribution in [3.63, 3.8) is 0 Å². The Morgan fingerprint density at radius 3 is 2.76 bits per heavy atom. The average Bonchev–Trinajstić information content (AvgIpc) is 3.53. The SMILES string of the molecule is COC1=CCC(Cn2ncc3cc(/C=C4\SC(=O)N(C[C@@H]5CCCN5C)C4=O)ccc32)C(C(F)(F)F)=C1. The van der Waals surface area contributed by atoms with Crippen molar-refractivity contribution in [2.75, 3.05) is 27.2 Å². The third-order valence-corrected chi connectivity index (χ3v) is 8.11. The second-order valence-electron chi connectivity index (χ2n) is 9.55. The van der Waals surface area contributed by atoms with Crippen LogP contribution in [0.15, 0.2) is 52.8 Å². The van der Waals surface area contributed by atoms with Gasteiger partial charge >= 0.3 is 6.18 Å². The maximum atomic E-state index is 13.7. The van der Waals surface area contributed by atoms with E-state index in [1.54, 1.807) is 35.2 Å². The maximum Gasteiger partial charge on any atom is 0.413 e. The van der Waals surface area contributed by atoms with Crippen LogP contribution in [0.25, 0.3) is 17.0 Å². The Balaban J connectivity index is 1.33. The van der Waals surface area contributed by atoms with Crippen molar-refractivity contribution in [1.82, 2.24) is 19.6 Å². The lowest BCUT2D eigenvalue weighted by atomic mass is 9.90. The summed E-state index contributed by atoms with van der Waals surface area (Å²) < 4.78 is 47.6. The molecule has 7 nitrogen and oxygen atoms in total. The summed E-state index contributed by atoms with van der Waals surface area (Å²) in [5.41, 5.74) is 0.779. The van der Waals surface area contributed by atoms with Crippen LogP contribution in [-0.2, 0) is 16.1 Å². The third kappa shape index (κ3) is 5.19. The molecule has 11 heteroatoms. The fraction of sp³-hybridized carbons (Fsp3) is 0.423. The lowest BCUT2D eigenvalue weighted by molar-refractivity contribution is -0.123. The van der Waals surface area contributed by atoms with Gasteiger partial charge in [0.1, 0.15) is 5.76 Å². The molecular formula is C26H27F3N4O3S. The van der Waals surface area contributed by atoms with Crippen LogP contribution in [0.5, 0.6) is 0 Å². The normalized spacial score (nSPS) is 24.4. The molecule has 0 spiro atoms. The topological polar surface area (TPSA) is 67.7 Å². The molecule has 2 saturated heterocycles. The number of nitrogens with zero attached hydrogens (tertiary/aromatic N) is 4. The Kier molecular flexibility index (Phi) is 6.93. The van der Waals surface area contributed by atoms with Crippen molar-refractivity contribution in [3.05, 3.63) is 58.3 Å².